The van der Waals surface area contributed by atoms with E-state index in [-0.39, 0.29) is 12.1 Å². The zero-order valence-electron chi connectivity index (χ0n) is 18.0. The van der Waals surface area contributed by atoms with Crippen LogP contribution in [0.4, 0.5) is 0 Å². The summed E-state index contributed by atoms with van der Waals surface area (Å²) in [6.07, 6.45) is 11.2. The van der Waals surface area contributed by atoms with E-state index in [2.05, 4.69) is 10.1 Å². The highest BCUT2D eigenvalue weighted by Crippen LogP contribution is 2.29. The first-order valence-corrected chi connectivity index (χ1v) is 11.1. The van der Waals surface area contributed by atoms with E-state index in [1.165, 1.54) is 0 Å². The van der Waals surface area contributed by atoms with Gasteiger partial charge in [-0.25, -0.2) is 4.68 Å². The van der Waals surface area contributed by atoms with Crippen LogP contribution in [0.3, 0.4) is 0 Å². The molecule has 2 fully saturated rings. The van der Waals surface area contributed by atoms with E-state index in [0.717, 1.165) is 68.7 Å². The SMILES string of the molecule is CC(=O)N(C)[C@H]1CC[C@@H](COc2ccc(-c3ccnn3C3CCCCO3)nc2)CC1. The fourth-order valence-electron chi connectivity index (χ4n) is 4.45. The normalized spacial score (nSPS) is 24.4. The van der Waals surface area contributed by atoms with Crippen molar-refractivity contribution in [3.8, 4) is 17.1 Å². The standard InChI is InChI=1S/C23H32N4O3/c1-17(28)26(2)19-8-6-18(7-9-19)16-30-20-10-11-21(24-15-20)22-12-13-25-27(22)23-5-3-4-14-29-23/h10-13,15,18-19,23H,3-9,14,16H2,1-2H3/t18-,19+,23?. The van der Waals surface area contributed by atoms with Gasteiger partial charge in [-0.1, -0.05) is 0 Å². The summed E-state index contributed by atoms with van der Waals surface area (Å²) in [7, 11) is 1.91. The molecule has 7 heteroatoms. The summed E-state index contributed by atoms with van der Waals surface area (Å²) in [6.45, 7) is 3.13. The second kappa shape index (κ2) is 9.60. The maximum Gasteiger partial charge on any atom is 0.219 e. The molecule has 2 aromatic heterocycles. The number of amides is 1. The van der Waals surface area contributed by atoms with Crippen molar-refractivity contribution in [2.45, 2.75) is 64.1 Å². The quantitative estimate of drug-likeness (QED) is 0.716. The van der Waals surface area contributed by atoms with E-state index in [1.807, 2.05) is 34.8 Å². The van der Waals surface area contributed by atoms with Crippen molar-refractivity contribution < 1.29 is 14.3 Å². The number of carbonyl (C=O) groups is 1. The fourth-order valence-corrected chi connectivity index (χ4v) is 4.45. The lowest BCUT2D eigenvalue weighted by Gasteiger charge is -2.34. The summed E-state index contributed by atoms with van der Waals surface area (Å²) in [5, 5.41) is 4.46. The van der Waals surface area contributed by atoms with Gasteiger partial charge in [0.15, 0.2) is 6.23 Å². The Morgan fingerprint density at radius 3 is 2.70 bits per heavy atom. The lowest BCUT2D eigenvalue weighted by atomic mass is 9.86. The third-order valence-electron chi connectivity index (χ3n) is 6.44. The van der Waals surface area contributed by atoms with Crippen molar-refractivity contribution >= 4 is 5.91 Å². The van der Waals surface area contributed by atoms with Gasteiger partial charge in [-0.15, -0.1) is 0 Å². The van der Waals surface area contributed by atoms with Crippen LogP contribution in [0.25, 0.3) is 11.4 Å². The molecular formula is C23H32N4O3. The Morgan fingerprint density at radius 2 is 2.03 bits per heavy atom. The molecule has 1 aliphatic carbocycles. The molecule has 1 aliphatic heterocycles. The third-order valence-corrected chi connectivity index (χ3v) is 6.44. The van der Waals surface area contributed by atoms with Crippen LogP contribution in [-0.4, -0.2) is 51.9 Å². The molecule has 1 amide bonds. The van der Waals surface area contributed by atoms with E-state index in [4.69, 9.17) is 9.47 Å². The highest BCUT2D eigenvalue weighted by Gasteiger charge is 2.25. The molecule has 162 valence electrons. The smallest absolute Gasteiger partial charge is 0.219 e. The number of hydrogen-bond donors (Lipinski definition) is 0. The van der Waals surface area contributed by atoms with Crippen LogP contribution in [-0.2, 0) is 9.53 Å². The second-order valence-electron chi connectivity index (χ2n) is 8.48. The molecule has 7 nitrogen and oxygen atoms in total. The van der Waals surface area contributed by atoms with Crippen LogP contribution in [0.5, 0.6) is 5.75 Å². The summed E-state index contributed by atoms with van der Waals surface area (Å²) in [4.78, 5) is 18.0. The molecule has 0 aromatic carbocycles. The van der Waals surface area contributed by atoms with Gasteiger partial charge in [0.25, 0.3) is 0 Å². The number of ether oxygens (including phenoxy) is 2. The van der Waals surface area contributed by atoms with Crippen LogP contribution >= 0.6 is 0 Å². The van der Waals surface area contributed by atoms with Crippen molar-refractivity contribution in [1.82, 2.24) is 19.7 Å². The molecule has 0 spiro atoms. The van der Waals surface area contributed by atoms with Crippen LogP contribution in [0, 0.1) is 5.92 Å². The first kappa shape index (κ1) is 20.8. The Morgan fingerprint density at radius 1 is 1.20 bits per heavy atom. The summed E-state index contributed by atoms with van der Waals surface area (Å²) >= 11 is 0. The monoisotopic (exact) mass is 412 g/mol. The molecule has 30 heavy (non-hydrogen) atoms. The molecule has 2 aliphatic rings. The molecule has 4 rings (SSSR count). The largest absolute Gasteiger partial charge is 0.492 e. The van der Waals surface area contributed by atoms with E-state index >= 15 is 0 Å². The topological polar surface area (TPSA) is 69.5 Å². The van der Waals surface area contributed by atoms with E-state index in [0.29, 0.717) is 18.6 Å². The van der Waals surface area contributed by atoms with Gasteiger partial charge in [0.05, 0.1) is 24.2 Å². The van der Waals surface area contributed by atoms with Crippen molar-refractivity contribution in [1.29, 1.82) is 0 Å². The van der Waals surface area contributed by atoms with Gasteiger partial charge in [0, 0.05) is 32.8 Å². The third kappa shape index (κ3) is 4.83. The molecule has 0 radical (unpaired) electrons. The van der Waals surface area contributed by atoms with E-state index in [1.54, 1.807) is 19.3 Å². The molecular weight excluding hydrogens is 380 g/mol. The average molecular weight is 413 g/mol. The lowest BCUT2D eigenvalue weighted by molar-refractivity contribution is -0.130. The molecule has 2 aromatic rings. The molecule has 1 saturated heterocycles. The number of aromatic nitrogens is 3. The van der Waals surface area contributed by atoms with Crippen LogP contribution in [0.2, 0.25) is 0 Å². The van der Waals surface area contributed by atoms with Crippen molar-refractivity contribution in [3.63, 3.8) is 0 Å². The van der Waals surface area contributed by atoms with Gasteiger partial charge in [0.1, 0.15) is 5.75 Å². The van der Waals surface area contributed by atoms with Gasteiger partial charge >= 0.3 is 0 Å². The maximum absolute atomic E-state index is 11.5. The number of carbonyl (C=O) groups excluding carboxylic acids is 1. The van der Waals surface area contributed by atoms with Crippen LogP contribution in [0.15, 0.2) is 30.6 Å². The van der Waals surface area contributed by atoms with E-state index in [9.17, 15) is 4.79 Å². The first-order valence-electron chi connectivity index (χ1n) is 11.1. The van der Waals surface area contributed by atoms with E-state index < -0.39 is 0 Å². The minimum Gasteiger partial charge on any atom is -0.492 e. The van der Waals surface area contributed by atoms with Gasteiger partial charge in [-0.3, -0.25) is 9.78 Å². The average Bonchev–Trinajstić information content (AvgIpc) is 3.28. The van der Waals surface area contributed by atoms with Crippen molar-refractivity contribution in [3.05, 3.63) is 30.6 Å². The minimum absolute atomic E-state index is 0.00125. The van der Waals surface area contributed by atoms with Gasteiger partial charge in [0.2, 0.25) is 5.91 Å². The predicted octanol–water partition coefficient (Wildman–Crippen LogP) is 4.06. The Kier molecular flexibility index (Phi) is 6.67. The Bertz CT molecular complexity index is 821. The summed E-state index contributed by atoms with van der Waals surface area (Å²) in [6, 6.07) is 6.33. The molecule has 1 saturated carbocycles. The highest BCUT2D eigenvalue weighted by atomic mass is 16.5. The number of rotatable bonds is 6. The highest BCUT2D eigenvalue weighted by molar-refractivity contribution is 5.73. The van der Waals surface area contributed by atoms with Crippen LogP contribution < -0.4 is 4.74 Å². The number of pyridine rings is 1. The summed E-state index contributed by atoms with van der Waals surface area (Å²) in [5.74, 6) is 1.48. The lowest BCUT2D eigenvalue weighted by Crippen LogP contribution is -2.38. The molecule has 1 unspecified atom stereocenters. The first-order chi connectivity index (χ1) is 14.6. The maximum atomic E-state index is 11.5. The zero-order chi connectivity index (χ0) is 20.9. The van der Waals surface area contributed by atoms with Gasteiger partial charge < -0.3 is 14.4 Å². The van der Waals surface area contributed by atoms with Crippen LogP contribution in [0.1, 0.15) is 58.1 Å². The summed E-state index contributed by atoms with van der Waals surface area (Å²) < 4.78 is 13.8. The van der Waals surface area contributed by atoms with Crippen molar-refractivity contribution in [2.75, 3.05) is 20.3 Å². The Balaban J connectivity index is 1.30. The molecule has 1 atom stereocenters. The fraction of sp³-hybridized carbons (Fsp3) is 0.609. The van der Waals surface area contributed by atoms with Crippen molar-refractivity contribution in [2.24, 2.45) is 5.92 Å². The second-order valence-corrected chi connectivity index (χ2v) is 8.48. The Hall–Kier alpha value is -2.41. The summed E-state index contributed by atoms with van der Waals surface area (Å²) in [5.41, 5.74) is 1.85. The number of hydrogen-bond acceptors (Lipinski definition) is 5. The molecule has 0 bridgehead atoms. The zero-order valence-corrected chi connectivity index (χ0v) is 18.0. The predicted molar refractivity (Wildman–Crippen MR) is 114 cm³/mol. The van der Waals surface area contributed by atoms with Gasteiger partial charge in [-0.05, 0) is 69.1 Å². The molecule has 0 N–H and O–H groups in total. The number of nitrogens with zero attached hydrogens (tertiary/aromatic N) is 4. The molecule has 3 heterocycles. The minimum atomic E-state index is -0.00125. The van der Waals surface area contributed by atoms with Gasteiger partial charge in [-0.2, -0.15) is 5.10 Å². The Labute approximate surface area is 178 Å².